The number of aliphatic hydroxyl groups is 1. The number of aliphatic hydroxyl groups excluding tert-OH is 1. The number of amides is 2. The summed E-state index contributed by atoms with van der Waals surface area (Å²) in [5, 5.41) is 10.0. The molecule has 8 nitrogen and oxygen atoms in total. The van der Waals surface area contributed by atoms with Crippen LogP contribution < -0.4 is 4.90 Å². The van der Waals surface area contributed by atoms with E-state index in [1.165, 1.54) is 4.90 Å². The second-order valence-corrected chi connectivity index (χ2v) is 10.2. The number of esters is 1. The average Bonchev–Trinajstić information content (AvgIpc) is 3.33. The fourth-order valence-corrected chi connectivity index (χ4v) is 6.44. The maximum absolute atomic E-state index is 14.3. The number of hydrogen-bond donors (Lipinski definition) is 1. The number of carbonyl (C=O) groups is 3. The van der Waals surface area contributed by atoms with Gasteiger partial charge in [-0.2, -0.15) is 0 Å². The number of halogens is 1. The number of anilines is 1. The minimum atomic E-state index is -1.17. The number of benzene rings is 1. The number of rotatable bonds is 9. The third-order valence-corrected chi connectivity index (χ3v) is 8.11. The van der Waals surface area contributed by atoms with Gasteiger partial charge in [0.2, 0.25) is 5.91 Å². The Bertz CT molecular complexity index is 1020. The van der Waals surface area contributed by atoms with Gasteiger partial charge in [0.25, 0.3) is 5.91 Å². The zero-order valence-corrected chi connectivity index (χ0v) is 21.2. The van der Waals surface area contributed by atoms with Crippen LogP contribution in [-0.4, -0.2) is 71.3 Å². The van der Waals surface area contributed by atoms with Crippen molar-refractivity contribution in [3.8, 4) is 0 Å². The molecule has 9 heteroatoms. The summed E-state index contributed by atoms with van der Waals surface area (Å²) in [6, 6.07) is 5.92. The van der Waals surface area contributed by atoms with E-state index in [4.69, 9.17) is 21.1 Å². The summed E-state index contributed by atoms with van der Waals surface area (Å²) < 4.78 is 12.0. The van der Waals surface area contributed by atoms with Crippen molar-refractivity contribution in [1.29, 1.82) is 0 Å². The molecule has 3 unspecified atom stereocenters. The van der Waals surface area contributed by atoms with E-state index in [0.717, 1.165) is 0 Å². The molecule has 0 saturated carbocycles. The maximum Gasteiger partial charge on any atom is 0.312 e. The highest BCUT2D eigenvalue weighted by Crippen LogP contribution is 2.65. The number of likely N-dealkylation sites (tertiary alicyclic amines) is 1. The van der Waals surface area contributed by atoms with Gasteiger partial charge in [-0.05, 0) is 56.9 Å². The van der Waals surface area contributed by atoms with Crippen molar-refractivity contribution in [3.05, 3.63) is 41.9 Å². The number of ether oxygens (including phenoxy) is 2. The maximum atomic E-state index is 14.3. The largest absolute Gasteiger partial charge is 0.466 e. The van der Waals surface area contributed by atoms with Crippen LogP contribution in [0.4, 0.5) is 5.69 Å². The lowest BCUT2D eigenvalue weighted by Crippen LogP contribution is -2.57. The first-order valence-electron chi connectivity index (χ1n) is 12.1. The van der Waals surface area contributed by atoms with Crippen LogP contribution in [0.3, 0.4) is 0 Å². The van der Waals surface area contributed by atoms with E-state index in [-0.39, 0.29) is 44.0 Å². The molecule has 3 heterocycles. The third kappa shape index (κ3) is 3.86. The molecule has 3 saturated heterocycles. The predicted octanol–water partition coefficient (Wildman–Crippen LogP) is 2.82. The Kier molecular flexibility index (Phi) is 7.01. The molecule has 3 fully saturated rings. The summed E-state index contributed by atoms with van der Waals surface area (Å²) in [5.74, 6) is -2.81. The van der Waals surface area contributed by atoms with Crippen LogP contribution in [0.1, 0.15) is 33.6 Å². The molecule has 2 bridgehead atoms. The smallest absolute Gasteiger partial charge is 0.312 e. The van der Waals surface area contributed by atoms with Crippen molar-refractivity contribution in [1.82, 2.24) is 4.90 Å². The summed E-state index contributed by atoms with van der Waals surface area (Å²) in [6.45, 7) is 9.81. The molecule has 6 atom stereocenters. The van der Waals surface area contributed by atoms with Crippen LogP contribution in [0.5, 0.6) is 0 Å². The molecule has 1 aromatic rings. The minimum Gasteiger partial charge on any atom is -0.466 e. The van der Waals surface area contributed by atoms with Gasteiger partial charge in [0.1, 0.15) is 17.6 Å². The van der Waals surface area contributed by atoms with E-state index >= 15 is 0 Å². The van der Waals surface area contributed by atoms with Crippen LogP contribution in [-0.2, 0) is 23.9 Å². The molecule has 1 spiro atoms. The Hall–Kier alpha value is -2.42. The molecule has 0 aliphatic carbocycles. The van der Waals surface area contributed by atoms with Crippen molar-refractivity contribution < 1.29 is 29.0 Å². The monoisotopic (exact) mass is 504 g/mol. The zero-order valence-electron chi connectivity index (χ0n) is 20.4. The molecule has 3 aliphatic heterocycles. The highest BCUT2D eigenvalue weighted by Gasteiger charge is 2.80. The van der Waals surface area contributed by atoms with Crippen molar-refractivity contribution in [3.63, 3.8) is 0 Å². The Morgan fingerprint density at radius 3 is 2.66 bits per heavy atom. The van der Waals surface area contributed by atoms with Gasteiger partial charge in [-0.1, -0.05) is 24.6 Å². The number of nitrogens with zero attached hydrogens (tertiary/aromatic N) is 2. The molecule has 35 heavy (non-hydrogen) atoms. The lowest BCUT2D eigenvalue weighted by molar-refractivity contribution is -0.161. The third-order valence-electron chi connectivity index (χ3n) is 7.86. The number of hydrogen-bond acceptors (Lipinski definition) is 6. The topological polar surface area (TPSA) is 96.4 Å². The van der Waals surface area contributed by atoms with E-state index in [2.05, 4.69) is 6.58 Å². The Morgan fingerprint density at radius 2 is 2.06 bits per heavy atom. The molecule has 1 N–H and O–H groups in total. The molecule has 190 valence electrons. The Labute approximate surface area is 210 Å². The standard InChI is InChI=1S/C26H33ClN2O6/c1-5-12-28(18-10-8-17(27)9-11-18)23(32)21-26-15-16(3)25(4,35-26)20(24(33)34-6-2)19(26)22(31)29(21)13-7-14-30/h5,8-11,16,19-21,30H,1,6-7,12-15H2,2-4H3/t16?,19-,20+,21?,25-,26?/m0/s1. The second kappa shape index (κ2) is 9.56. The van der Waals surface area contributed by atoms with Crippen molar-refractivity contribution in [2.24, 2.45) is 17.8 Å². The van der Waals surface area contributed by atoms with E-state index < -0.39 is 35.0 Å². The van der Waals surface area contributed by atoms with Crippen molar-refractivity contribution in [2.45, 2.75) is 50.9 Å². The second-order valence-electron chi connectivity index (χ2n) is 9.78. The van der Waals surface area contributed by atoms with Crippen LogP contribution in [0.2, 0.25) is 5.02 Å². The average molecular weight is 505 g/mol. The van der Waals surface area contributed by atoms with Crippen LogP contribution in [0.25, 0.3) is 0 Å². The zero-order chi connectivity index (χ0) is 25.5. The molecule has 2 amide bonds. The van der Waals surface area contributed by atoms with Crippen molar-refractivity contribution >= 4 is 35.1 Å². The van der Waals surface area contributed by atoms with Gasteiger partial charge in [-0.15, -0.1) is 6.58 Å². The first-order chi connectivity index (χ1) is 16.7. The van der Waals surface area contributed by atoms with Crippen LogP contribution >= 0.6 is 11.6 Å². The Morgan fingerprint density at radius 1 is 1.37 bits per heavy atom. The Balaban J connectivity index is 1.81. The lowest BCUT2D eigenvalue weighted by atomic mass is 9.62. The first-order valence-corrected chi connectivity index (χ1v) is 12.5. The molecule has 0 radical (unpaired) electrons. The molecule has 3 aliphatic rings. The van der Waals surface area contributed by atoms with E-state index in [9.17, 15) is 19.5 Å². The van der Waals surface area contributed by atoms with E-state index in [0.29, 0.717) is 23.6 Å². The van der Waals surface area contributed by atoms with Gasteiger partial charge in [-0.3, -0.25) is 14.4 Å². The SMILES string of the molecule is C=CCN(C(=O)C1N(CCCO)C(=O)[C@@H]2[C@H](C(=O)OCC)[C@@]3(C)OC12CC3C)c1ccc(Cl)cc1. The lowest BCUT2D eigenvalue weighted by Gasteiger charge is -2.37. The van der Waals surface area contributed by atoms with Gasteiger partial charge in [0.05, 0.1) is 18.1 Å². The summed E-state index contributed by atoms with van der Waals surface area (Å²) in [5.41, 5.74) is -1.47. The molecular formula is C26H33ClN2O6. The summed E-state index contributed by atoms with van der Waals surface area (Å²) in [7, 11) is 0. The fourth-order valence-electron chi connectivity index (χ4n) is 6.31. The van der Waals surface area contributed by atoms with E-state index in [1.807, 2.05) is 13.8 Å². The quantitative estimate of drug-likeness (QED) is 0.410. The summed E-state index contributed by atoms with van der Waals surface area (Å²) in [6.07, 6.45) is 2.39. The van der Waals surface area contributed by atoms with Crippen LogP contribution in [0, 0.1) is 17.8 Å². The van der Waals surface area contributed by atoms with Gasteiger partial charge in [0, 0.05) is 30.4 Å². The highest BCUT2D eigenvalue weighted by molar-refractivity contribution is 6.30. The molecular weight excluding hydrogens is 472 g/mol. The van der Waals surface area contributed by atoms with Crippen molar-refractivity contribution in [2.75, 3.05) is 31.2 Å². The van der Waals surface area contributed by atoms with Gasteiger partial charge in [-0.25, -0.2) is 0 Å². The van der Waals surface area contributed by atoms with Gasteiger partial charge in [0.15, 0.2) is 0 Å². The normalized spacial score (nSPS) is 33.1. The predicted molar refractivity (Wildman–Crippen MR) is 131 cm³/mol. The van der Waals surface area contributed by atoms with Crippen LogP contribution in [0.15, 0.2) is 36.9 Å². The van der Waals surface area contributed by atoms with Gasteiger partial charge < -0.3 is 24.4 Å². The summed E-state index contributed by atoms with van der Waals surface area (Å²) in [4.78, 5) is 44.3. The number of fused-ring (bicyclic) bond motifs is 1. The molecule has 1 aromatic carbocycles. The first kappa shape index (κ1) is 25.7. The summed E-state index contributed by atoms with van der Waals surface area (Å²) >= 11 is 6.06. The molecule has 0 aromatic heterocycles. The number of carbonyl (C=O) groups excluding carboxylic acids is 3. The minimum absolute atomic E-state index is 0.0718. The molecule has 4 rings (SSSR count). The van der Waals surface area contributed by atoms with E-state index in [1.54, 1.807) is 42.2 Å². The highest BCUT2D eigenvalue weighted by atomic mass is 35.5. The fraction of sp³-hybridized carbons (Fsp3) is 0.577. The van der Waals surface area contributed by atoms with Gasteiger partial charge >= 0.3 is 5.97 Å².